The number of ether oxygens (including phenoxy) is 6. The summed E-state index contributed by atoms with van der Waals surface area (Å²) in [5.74, 6) is -0.295. The molecule has 0 aliphatic carbocycles. The zero-order valence-corrected chi connectivity index (χ0v) is 67.5. The molecule has 628 valence electrons. The Morgan fingerprint density at radius 2 is 0.642 bits per heavy atom. The highest BCUT2D eigenvalue weighted by Gasteiger charge is 2.54. The van der Waals surface area contributed by atoms with E-state index in [4.69, 9.17) is 28.4 Å². The average Bonchev–Trinajstić information content (AvgIpc) is 0.782. The summed E-state index contributed by atoms with van der Waals surface area (Å²) in [6.07, 6.45) is 70.5. The third-order valence-electron chi connectivity index (χ3n) is 20.7. The lowest BCUT2D eigenvalue weighted by Crippen LogP contribution is -2.66. The second-order valence-corrected chi connectivity index (χ2v) is 30.2. The molecule has 19 nitrogen and oxygen atoms in total. The Hall–Kier alpha value is -3.81. The van der Waals surface area contributed by atoms with E-state index in [2.05, 4.69) is 129 Å². The third kappa shape index (κ3) is 47.6. The molecule has 0 aromatic rings. The summed E-state index contributed by atoms with van der Waals surface area (Å²) in [6, 6.07) is -1.01. The molecule has 0 bridgehead atoms. The van der Waals surface area contributed by atoms with Crippen molar-refractivity contribution in [1.29, 1.82) is 0 Å². The summed E-state index contributed by atoms with van der Waals surface area (Å²) >= 11 is 0. The molecule has 3 saturated heterocycles. The predicted octanol–water partition coefficient (Wildman–Crippen LogP) is 15.8. The van der Waals surface area contributed by atoms with Crippen LogP contribution in [0.5, 0.6) is 0 Å². The summed E-state index contributed by atoms with van der Waals surface area (Å²) in [5.41, 5.74) is 0. The Morgan fingerprint density at radius 3 is 1.03 bits per heavy atom. The number of carbonyl (C=O) groups excluding carboxylic acids is 1. The molecule has 0 radical (unpaired) electrons. The standard InChI is InChI=1S/C90H155NO18/c1-3-5-7-9-11-13-15-17-19-21-23-25-27-29-31-33-35-36-38-40-42-44-46-48-50-52-54-56-58-60-62-64-66-68-78(96)91-73(74(95)67-65-63-61-59-57-55-53-51-49-47-45-43-41-39-37-34-32-30-28-26-24-22-20-18-16-14-12-10-8-6-4-2)72-104-88-84(102)81(99)86(76(70-93)106-88)109-90-85(103)82(100)87(77(71-94)107-90)108-89-83(101)80(98)79(97)75(69-92)105-89/h5,7,11,13,17,19,23,25,29,31,35-36,40,42,49,51,57,59,65,67,73-77,79-90,92-95,97-103H,3-4,6,8-10,12,14-16,18,20-22,24,26-28,30,32-34,37-39,41,43-48,50,52-56,58,60-64,66,68-72H2,1-2H3,(H,91,96)/b7-5-,13-11-,19-17-,25-23-,31-29-,36-35-,42-40-,51-49+,59-57+,67-65+. The van der Waals surface area contributed by atoms with Gasteiger partial charge in [-0.05, 0) is 103 Å². The average molecular weight is 1540 g/mol. The molecule has 12 N–H and O–H groups in total. The normalized spacial score (nSPS) is 25.9. The second kappa shape index (κ2) is 68.6. The van der Waals surface area contributed by atoms with Crippen LogP contribution in [0.25, 0.3) is 0 Å². The van der Waals surface area contributed by atoms with E-state index in [1.54, 1.807) is 6.08 Å². The van der Waals surface area contributed by atoms with Gasteiger partial charge in [0, 0.05) is 6.42 Å². The lowest BCUT2D eigenvalue weighted by atomic mass is 9.96. The lowest BCUT2D eigenvalue weighted by Gasteiger charge is -2.48. The summed E-state index contributed by atoms with van der Waals surface area (Å²) in [4.78, 5) is 13.5. The first-order valence-corrected chi connectivity index (χ1v) is 43.3. The third-order valence-corrected chi connectivity index (χ3v) is 20.7. The van der Waals surface area contributed by atoms with Crippen molar-refractivity contribution >= 4 is 5.91 Å². The van der Waals surface area contributed by atoms with E-state index in [-0.39, 0.29) is 18.9 Å². The van der Waals surface area contributed by atoms with Crippen LogP contribution in [0, 0.1) is 0 Å². The maximum absolute atomic E-state index is 13.5. The molecule has 3 rings (SSSR count). The van der Waals surface area contributed by atoms with E-state index in [0.29, 0.717) is 12.8 Å². The minimum atomic E-state index is -1.99. The van der Waals surface area contributed by atoms with Crippen LogP contribution in [0.1, 0.15) is 309 Å². The fraction of sp³-hybridized carbons (Fsp3) is 0.767. The summed E-state index contributed by atoms with van der Waals surface area (Å²) < 4.78 is 34.5. The van der Waals surface area contributed by atoms with Crippen molar-refractivity contribution in [2.75, 3.05) is 26.4 Å². The molecule has 0 saturated carbocycles. The number of aliphatic hydroxyl groups is 11. The van der Waals surface area contributed by atoms with Gasteiger partial charge in [-0.15, -0.1) is 0 Å². The maximum Gasteiger partial charge on any atom is 0.220 e. The van der Waals surface area contributed by atoms with Crippen LogP contribution in [0.4, 0.5) is 0 Å². The summed E-state index contributed by atoms with van der Waals surface area (Å²) in [5, 5.41) is 121. The quantitative estimate of drug-likeness (QED) is 0.0199. The van der Waals surface area contributed by atoms with E-state index in [0.717, 1.165) is 103 Å². The Morgan fingerprint density at radius 1 is 0.339 bits per heavy atom. The van der Waals surface area contributed by atoms with E-state index < -0.39 is 124 Å². The second-order valence-electron chi connectivity index (χ2n) is 30.2. The Labute approximate surface area is 658 Å². The molecule has 0 aromatic heterocycles. The molecule has 17 unspecified atom stereocenters. The fourth-order valence-corrected chi connectivity index (χ4v) is 13.9. The van der Waals surface area contributed by atoms with Crippen LogP contribution in [0.3, 0.4) is 0 Å². The van der Waals surface area contributed by atoms with Crippen LogP contribution >= 0.6 is 0 Å². The highest BCUT2D eigenvalue weighted by atomic mass is 16.8. The van der Waals surface area contributed by atoms with Crippen LogP contribution in [-0.4, -0.2) is 193 Å². The van der Waals surface area contributed by atoms with E-state index >= 15 is 0 Å². The van der Waals surface area contributed by atoms with Crippen molar-refractivity contribution < 1.29 is 89.4 Å². The first-order chi connectivity index (χ1) is 53.3. The number of carbonyl (C=O) groups is 1. The van der Waals surface area contributed by atoms with Crippen molar-refractivity contribution in [3.05, 3.63) is 122 Å². The predicted molar refractivity (Wildman–Crippen MR) is 438 cm³/mol. The summed E-state index contributed by atoms with van der Waals surface area (Å²) in [7, 11) is 0. The maximum atomic E-state index is 13.5. The van der Waals surface area contributed by atoms with Gasteiger partial charge in [-0.2, -0.15) is 0 Å². The topological polar surface area (TPSA) is 307 Å². The Balaban J connectivity index is 1.37. The monoisotopic (exact) mass is 1540 g/mol. The van der Waals surface area contributed by atoms with Crippen LogP contribution in [0.15, 0.2) is 122 Å². The Bertz CT molecular complexity index is 2440. The highest BCUT2D eigenvalue weighted by molar-refractivity contribution is 5.76. The van der Waals surface area contributed by atoms with Crippen LogP contribution in [0.2, 0.25) is 0 Å². The van der Waals surface area contributed by atoms with Gasteiger partial charge in [-0.25, -0.2) is 0 Å². The van der Waals surface area contributed by atoms with Gasteiger partial charge in [-0.3, -0.25) is 4.79 Å². The number of nitrogens with one attached hydrogen (secondary N) is 1. The first kappa shape index (κ1) is 99.4. The van der Waals surface area contributed by atoms with Crippen molar-refractivity contribution in [3.8, 4) is 0 Å². The van der Waals surface area contributed by atoms with Gasteiger partial charge in [0.15, 0.2) is 18.9 Å². The largest absolute Gasteiger partial charge is 0.394 e. The van der Waals surface area contributed by atoms with Crippen molar-refractivity contribution in [3.63, 3.8) is 0 Å². The first-order valence-electron chi connectivity index (χ1n) is 43.3. The SMILES string of the molecule is CC/C=C\C/C=C\C/C=C\C/C=C\C/C=C\C/C=C\C/C=C\CCCCCCCCCCCCCC(=O)NC(COC1OC(CO)C(OC2OC(CO)C(OC3OC(CO)C(O)C(O)C3O)C(O)C2O)C(O)C1O)C(O)/C=C/CC/C=C/CC/C=C/CCCCCCCCCCCCCCCCCCCCCCC. The van der Waals surface area contributed by atoms with Gasteiger partial charge in [0.05, 0.1) is 38.6 Å². The molecule has 3 aliphatic heterocycles. The number of aliphatic hydroxyl groups excluding tert-OH is 11. The van der Waals surface area contributed by atoms with Crippen molar-refractivity contribution in [2.24, 2.45) is 0 Å². The molecule has 3 heterocycles. The molecule has 19 heteroatoms. The highest BCUT2D eigenvalue weighted by Crippen LogP contribution is 2.33. The molecule has 0 aromatic carbocycles. The van der Waals surface area contributed by atoms with Crippen LogP contribution < -0.4 is 5.32 Å². The molecule has 17 atom stereocenters. The summed E-state index contributed by atoms with van der Waals surface area (Å²) in [6.45, 7) is 1.62. The van der Waals surface area contributed by atoms with Gasteiger partial charge in [0.2, 0.25) is 5.91 Å². The number of hydrogen-bond donors (Lipinski definition) is 12. The fourth-order valence-electron chi connectivity index (χ4n) is 13.9. The van der Waals surface area contributed by atoms with Gasteiger partial charge in [0.1, 0.15) is 73.2 Å². The number of rotatable bonds is 68. The molecule has 3 aliphatic rings. The molecule has 0 spiro atoms. The van der Waals surface area contributed by atoms with E-state index in [1.807, 2.05) is 6.08 Å². The minimum absolute atomic E-state index is 0.221. The minimum Gasteiger partial charge on any atom is -0.394 e. The zero-order valence-electron chi connectivity index (χ0n) is 67.5. The smallest absolute Gasteiger partial charge is 0.220 e. The Kier molecular flexibility index (Phi) is 62.5. The van der Waals surface area contributed by atoms with Crippen LogP contribution in [-0.2, 0) is 33.2 Å². The lowest BCUT2D eigenvalue weighted by molar-refractivity contribution is -0.379. The molecule has 109 heavy (non-hydrogen) atoms. The van der Waals surface area contributed by atoms with Crippen molar-refractivity contribution in [2.45, 2.75) is 413 Å². The number of amides is 1. The molecular weight excluding hydrogens is 1380 g/mol. The van der Waals surface area contributed by atoms with Gasteiger partial charge >= 0.3 is 0 Å². The van der Waals surface area contributed by atoms with Crippen molar-refractivity contribution in [1.82, 2.24) is 5.32 Å². The molecular formula is C90H155NO18. The number of allylic oxidation sites excluding steroid dienone is 19. The number of hydrogen-bond acceptors (Lipinski definition) is 18. The zero-order chi connectivity index (χ0) is 78.8. The molecule has 1 amide bonds. The molecule has 3 fully saturated rings. The van der Waals surface area contributed by atoms with E-state index in [1.165, 1.54) is 173 Å². The van der Waals surface area contributed by atoms with Gasteiger partial charge in [0.25, 0.3) is 0 Å². The van der Waals surface area contributed by atoms with Gasteiger partial charge < -0.3 is 89.9 Å². The number of unbranched alkanes of at least 4 members (excludes halogenated alkanes) is 34. The van der Waals surface area contributed by atoms with E-state index in [9.17, 15) is 61.0 Å². The van der Waals surface area contributed by atoms with Gasteiger partial charge in [-0.1, -0.05) is 322 Å².